The first-order valence-corrected chi connectivity index (χ1v) is 13.4. The number of hydrogen-bond acceptors (Lipinski definition) is 7. The maximum absolute atomic E-state index is 14.8. The summed E-state index contributed by atoms with van der Waals surface area (Å²) < 4.78 is 21.3. The highest BCUT2D eigenvalue weighted by atomic mass is 19.1. The summed E-state index contributed by atoms with van der Waals surface area (Å²) in [6, 6.07) is 15.5. The molecule has 11 heteroatoms. The largest absolute Gasteiger partial charge is 0.443 e. The van der Waals surface area contributed by atoms with Gasteiger partial charge in [0.25, 0.3) is 11.8 Å². The van der Waals surface area contributed by atoms with Gasteiger partial charge >= 0.3 is 6.09 Å². The number of imidazole rings is 1. The third-order valence-corrected chi connectivity index (χ3v) is 6.47. The Bertz CT molecular complexity index is 1630. The zero-order valence-electron chi connectivity index (χ0n) is 24.0. The van der Waals surface area contributed by atoms with Gasteiger partial charge in [0.05, 0.1) is 17.1 Å². The number of anilines is 2. The molecule has 0 fully saturated rings. The van der Waals surface area contributed by atoms with Crippen LogP contribution >= 0.6 is 0 Å². The predicted molar refractivity (Wildman–Crippen MR) is 158 cm³/mol. The average Bonchev–Trinajstić information content (AvgIpc) is 3.25. The Morgan fingerprint density at radius 3 is 2.31 bits per heavy atom. The van der Waals surface area contributed by atoms with E-state index in [2.05, 4.69) is 15.6 Å². The van der Waals surface area contributed by atoms with Gasteiger partial charge in [-0.05, 0) is 68.7 Å². The number of hydrogen-bond donors (Lipinski definition) is 4. The lowest BCUT2D eigenvalue weighted by atomic mass is 9.98. The van der Waals surface area contributed by atoms with Gasteiger partial charge < -0.3 is 26.2 Å². The van der Waals surface area contributed by atoms with Crippen LogP contribution in [0, 0.1) is 5.82 Å². The van der Waals surface area contributed by atoms with E-state index in [9.17, 15) is 23.9 Å². The first-order valence-electron chi connectivity index (χ1n) is 13.4. The van der Waals surface area contributed by atoms with Crippen molar-refractivity contribution >= 4 is 40.6 Å². The number of ether oxygens (including phenoxy) is 1. The average molecular weight is 576 g/mol. The highest BCUT2D eigenvalue weighted by Gasteiger charge is 2.32. The number of aromatic nitrogens is 2. The summed E-state index contributed by atoms with van der Waals surface area (Å²) in [5, 5.41) is 16.2. The predicted octanol–water partition coefficient (Wildman–Crippen LogP) is 5.13. The summed E-state index contributed by atoms with van der Waals surface area (Å²) in [5.41, 5.74) is 7.32. The van der Waals surface area contributed by atoms with Gasteiger partial charge in [0.15, 0.2) is 6.10 Å². The lowest BCUT2D eigenvalue weighted by molar-refractivity contribution is -0.125. The SMILES string of the molecule is CC(C)c1ccc(C(=O)N[C@@H](c2ccccc2F)[C@@H](O)C(=O)Nc2ccc3c(c2)nc(N)n3C(=O)OC(C)(C)C)cc1. The lowest BCUT2D eigenvalue weighted by Gasteiger charge is -2.24. The number of fused-ring (bicyclic) bond motifs is 1. The fourth-order valence-electron chi connectivity index (χ4n) is 4.34. The number of amides is 2. The number of benzene rings is 3. The number of aliphatic hydroxyl groups excluding tert-OH is 1. The number of nitrogens with one attached hydrogen (secondary N) is 2. The highest BCUT2D eigenvalue weighted by molar-refractivity contribution is 5.99. The fourth-order valence-corrected chi connectivity index (χ4v) is 4.34. The van der Waals surface area contributed by atoms with E-state index in [1.807, 2.05) is 26.0 Å². The first kappa shape index (κ1) is 30.2. The van der Waals surface area contributed by atoms with Crippen molar-refractivity contribution in [3.8, 4) is 0 Å². The van der Waals surface area contributed by atoms with Gasteiger partial charge in [0.1, 0.15) is 11.4 Å². The van der Waals surface area contributed by atoms with E-state index in [0.29, 0.717) is 5.52 Å². The van der Waals surface area contributed by atoms with Crippen LogP contribution < -0.4 is 16.4 Å². The normalized spacial score (nSPS) is 13.0. The Balaban J connectivity index is 1.57. The number of nitrogen functional groups attached to an aromatic ring is 1. The maximum atomic E-state index is 14.8. The molecule has 0 aliphatic rings. The van der Waals surface area contributed by atoms with Crippen LogP contribution in [0.15, 0.2) is 66.7 Å². The van der Waals surface area contributed by atoms with Crippen molar-refractivity contribution < 1.29 is 28.6 Å². The van der Waals surface area contributed by atoms with E-state index in [1.54, 1.807) is 39.0 Å². The van der Waals surface area contributed by atoms with Gasteiger partial charge in [-0.3, -0.25) is 9.59 Å². The van der Waals surface area contributed by atoms with Crippen molar-refractivity contribution in [1.29, 1.82) is 0 Å². The number of carbonyl (C=O) groups is 3. The van der Waals surface area contributed by atoms with Crippen molar-refractivity contribution in [3.05, 3.63) is 89.2 Å². The molecule has 2 atom stereocenters. The maximum Gasteiger partial charge on any atom is 0.421 e. The van der Waals surface area contributed by atoms with Gasteiger partial charge in [0.2, 0.25) is 5.95 Å². The van der Waals surface area contributed by atoms with Crippen molar-refractivity contribution in [2.75, 3.05) is 11.1 Å². The van der Waals surface area contributed by atoms with Gasteiger partial charge in [-0.1, -0.05) is 44.2 Å². The molecule has 10 nitrogen and oxygen atoms in total. The van der Waals surface area contributed by atoms with Crippen molar-refractivity contribution in [1.82, 2.24) is 14.9 Å². The molecule has 0 unspecified atom stereocenters. The van der Waals surface area contributed by atoms with Crippen LogP contribution in [0.4, 0.5) is 20.8 Å². The molecule has 0 aliphatic carbocycles. The van der Waals surface area contributed by atoms with E-state index < -0.39 is 41.5 Å². The summed E-state index contributed by atoms with van der Waals surface area (Å²) in [6.45, 7) is 9.21. The van der Waals surface area contributed by atoms with E-state index >= 15 is 0 Å². The second kappa shape index (κ2) is 12.0. The number of rotatable bonds is 7. The second-order valence-electron chi connectivity index (χ2n) is 11.2. The minimum Gasteiger partial charge on any atom is -0.443 e. The van der Waals surface area contributed by atoms with E-state index in [1.165, 1.54) is 36.4 Å². The molecule has 0 bridgehead atoms. The first-order chi connectivity index (χ1) is 19.7. The van der Waals surface area contributed by atoms with Gasteiger partial charge in [0, 0.05) is 16.8 Å². The van der Waals surface area contributed by atoms with Crippen LogP contribution in [0.2, 0.25) is 0 Å². The topological polar surface area (TPSA) is 149 Å². The van der Waals surface area contributed by atoms with Crippen LogP contribution in [0.3, 0.4) is 0 Å². The van der Waals surface area contributed by atoms with Crippen LogP contribution in [-0.2, 0) is 9.53 Å². The summed E-state index contributed by atoms with van der Waals surface area (Å²) in [5.74, 6) is -2.03. The van der Waals surface area contributed by atoms with Crippen molar-refractivity contribution in [2.24, 2.45) is 0 Å². The molecular weight excluding hydrogens is 541 g/mol. The molecule has 3 aromatic carbocycles. The van der Waals surface area contributed by atoms with Crippen LogP contribution in [-0.4, -0.2) is 44.3 Å². The molecule has 0 aliphatic heterocycles. The highest BCUT2D eigenvalue weighted by Crippen LogP contribution is 2.26. The minimum atomic E-state index is -1.87. The fraction of sp³-hybridized carbons (Fsp3) is 0.290. The molecule has 1 aromatic heterocycles. The standard InChI is InChI=1S/C31H34FN5O5/c1-17(2)18-10-12-19(13-11-18)27(39)36-25(21-8-6-7-9-22(21)32)26(38)28(40)34-20-14-15-24-23(16-20)35-29(33)37(24)30(41)42-31(3,4)5/h6-17,25-26,38H,1-5H3,(H2,33,35)(H,34,40)(H,36,39)/t25-,26+/m0/s1. The molecule has 4 rings (SSSR count). The third-order valence-electron chi connectivity index (χ3n) is 6.47. The summed E-state index contributed by atoms with van der Waals surface area (Å²) >= 11 is 0. The van der Waals surface area contributed by atoms with Crippen molar-refractivity contribution in [3.63, 3.8) is 0 Å². The second-order valence-corrected chi connectivity index (χ2v) is 11.2. The number of halogens is 1. The minimum absolute atomic E-state index is 0.0633. The van der Waals surface area contributed by atoms with E-state index in [-0.39, 0.29) is 34.2 Å². The third kappa shape index (κ3) is 6.74. The Hall–Kier alpha value is -4.77. The molecule has 0 saturated heterocycles. The molecule has 42 heavy (non-hydrogen) atoms. The van der Waals surface area contributed by atoms with Gasteiger partial charge in [-0.2, -0.15) is 0 Å². The molecule has 0 spiro atoms. The number of nitrogens with two attached hydrogens (primary N) is 1. The van der Waals surface area contributed by atoms with E-state index in [4.69, 9.17) is 10.5 Å². The summed E-state index contributed by atoms with van der Waals surface area (Å²) in [7, 11) is 0. The molecule has 2 amide bonds. The van der Waals surface area contributed by atoms with E-state index in [0.717, 1.165) is 10.1 Å². The Morgan fingerprint density at radius 2 is 1.69 bits per heavy atom. The molecule has 0 radical (unpaired) electrons. The number of carbonyl (C=O) groups excluding carboxylic acids is 3. The van der Waals surface area contributed by atoms with Crippen LogP contribution in [0.5, 0.6) is 0 Å². The molecule has 5 N–H and O–H groups in total. The van der Waals surface area contributed by atoms with Gasteiger partial charge in [-0.15, -0.1) is 0 Å². The summed E-state index contributed by atoms with van der Waals surface area (Å²) in [6.07, 6.45) is -2.59. The Morgan fingerprint density at radius 1 is 1.02 bits per heavy atom. The van der Waals surface area contributed by atoms with Gasteiger partial charge in [-0.25, -0.2) is 18.7 Å². The zero-order chi connectivity index (χ0) is 30.8. The molecule has 1 heterocycles. The molecule has 220 valence electrons. The van der Waals surface area contributed by atoms with Crippen LogP contribution in [0.25, 0.3) is 11.0 Å². The monoisotopic (exact) mass is 575 g/mol. The molecule has 0 saturated carbocycles. The molecular formula is C31H34FN5O5. The molecule has 4 aromatic rings. The Kier molecular flexibility index (Phi) is 8.62. The lowest BCUT2D eigenvalue weighted by Crippen LogP contribution is -2.43. The summed E-state index contributed by atoms with van der Waals surface area (Å²) in [4.78, 5) is 43.1. The smallest absolute Gasteiger partial charge is 0.421 e. The quantitative estimate of drug-likeness (QED) is 0.239. The number of aliphatic hydroxyl groups is 1. The number of nitrogens with zero attached hydrogens (tertiary/aromatic N) is 2. The Labute approximate surface area is 242 Å². The zero-order valence-corrected chi connectivity index (χ0v) is 24.0. The van der Waals surface area contributed by atoms with Crippen LogP contribution in [0.1, 0.15) is 68.1 Å². The van der Waals surface area contributed by atoms with Crippen molar-refractivity contribution in [2.45, 2.75) is 58.3 Å².